The van der Waals surface area contributed by atoms with Crippen LogP contribution in [0.4, 0.5) is 5.13 Å². The number of hydrogen-bond donors (Lipinski definition) is 2. The average Bonchev–Trinajstić information content (AvgIpc) is 3.10. The predicted molar refractivity (Wildman–Crippen MR) is 74.4 cm³/mol. The van der Waals surface area contributed by atoms with Gasteiger partial charge in [0, 0.05) is 36.8 Å². The first-order valence-electron chi connectivity index (χ1n) is 6.73. The molecule has 1 aromatic rings. The van der Waals surface area contributed by atoms with Crippen LogP contribution in [0.3, 0.4) is 0 Å². The second-order valence-electron chi connectivity index (χ2n) is 5.20. The van der Waals surface area contributed by atoms with Crippen LogP contribution in [0.15, 0.2) is 6.20 Å². The fourth-order valence-corrected chi connectivity index (χ4v) is 3.79. The number of nitrogens with two attached hydrogens (primary N) is 1. The molecule has 1 unspecified atom stereocenters. The van der Waals surface area contributed by atoms with Crippen molar-refractivity contribution in [2.75, 3.05) is 31.6 Å². The molecule has 0 spiro atoms. The summed E-state index contributed by atoms with van der Waals surface area (Å²) < 4.78 is 0. The number of nitrogens with one attached hydrogen (secondary N) is 1. The quantitative estimate of drug-likeness (QED) is 0.632. The predicted octanol–water partition coefficient (Wildman–Crippen LogP) is 1.10. The largest absolute Gasteiger partial charge is 0.300 e. The molecule has 1 atom stereocenters. The van der Waals surface area contributed by atoms with Crippen LogP contribution >= 0.6 is 11.3 Å². The summed E-state index contributed by atoms with van der Waals surface area (Å²) >= 11 is 1.65. The van der Waals surface area contributed by atoms with E-state index in [2.05, 4.69) is 20.2 Å². The molecule has 6 heteroatoms. The number of thiazole rings is 1. The molecular formula is C12H21N5S. The van der Waals surface area contributed by atoms with E-state index in [-0.39, 0.29) is 0 Å². The lowest BCUT2D eigenvalue weighted by Gasteiger charge is -2.23. The molecule has 0 aliphatic carbocycles. The Morgan fingerprint density at radius 1 is 1.39 bits per heavy atom. The summed E-state index contributed by atoms with van der Waals surface area (Å²) in [6.45, 7) is 6.05. The summed E-state index contributed by atoms with van der Waals surface area (Å²) in [6, 6.07) is 0.785. The van der Waals surface area contributed by atoms with Gasteiger partial charge in [0.1, 0.15) is 0 Å². The highest BCUT2D eigenvalue weighted by molar-refractivity contribution is 7.15. The van der Waals surface area contributed by atoms with Gasteiger partial charge in [-0.25, -0.2) is 10.8 Å². The molecule has 3 heterocycles. The van der Waals surface area contributed by atoms with Crippen LogP contribution < -0.4 is 11.3 Å². The first kappa shape index (κ1) is 12.3. The van der Waals surface area contributed by atoms with E-state index < -0.39 is 0 Å². The third-order valence-electron chi connectivity index (χ3n) is 3.96. The number of nitrogen functional groups attached to an aromatic ring is 1. The minimum Gasteiger partial charge on any atom is -0.300 e. The van der Waals surface area contributed by atoms with Crippen LogP contribution in [0.1, 0.15) is 24.1 Å². The highest BCUT2D eigenvalue weighted by Gasteiger charge is 2.29. The lowest BCUT2D eigenvalue weighted by molar-refractivity contribution is 0.230. The van der Waals surface area contributed by atoms with Gasteiger partial charge in [-0.2, -0.15) is 0 Å². The number of aromatic nitrogens is 1. The van der Waals surface area contributed by atoms with E-state index in [4.69, 9.17) is 5.84 Å². The molecule has 5 nitrogen and oxygen atoms in total. The van der Waals surface area contributed by atoms with Crippen LogP contribution in [-0.2, 0) is 6.54 Å². The average molecular weight is 267 g/mol. The van der Waals surface area contributed by atoms with Gasteiger partial charge < -0.3 is 0 Å². The van der Waals surface area contributed by atoms with E-state index in [1.54, 1.807) is 11.3 Å². The molecule has 18 heavy (non-hydrogen) atoms. The molecule has 2 saturated heterocycles. The van der Waals surface area contributed by atoms with Gasteiger partial charge in [-0.3, -0.25) is 15.2 Å². The van der Waals surface area contributed by atoms with E-state index in [0.29, 0.717) is 0 Å². The third-order valence-corrected chi connectivity index (χ3v) is 4.87. The van der Waals surface area contributed by atoms with Crippen LogP contribution in [0.2, 0.25) is 0 Å². The minimum absolute atomic E-state index is 0.785. The second kappa shape index (κ2) is 5.52. The van der Waals surface area contributed by atoms with Crippen molar-refractivity contribution in [1.29, 1.82) is 0 Å². The summed E-state index contributed by atoms with van der Waals surface area (Å²) in [5, 5.41) is 0.806. The molecule has 0 saturated carbocycles. The van der Waals surface area contributed by atoms with Crippen molar-refractivity contribution in [2.45, 2.75) is 31.8 Å². The van der Waals surface area contributed by atoms with Crippen LogP contribution in [0.25, 0.3) is 0 Å². The molecule has 2 aliphatic rings. The molecule has 1 aromatic heterocycles. The fourth-order valence-electron chi connectivity index (χ4n) is 3.03. The number of nitrogens with zero attached hydrogens (tertiary/aromatic N) is 3. The maximum absolute atomic E-state index is 5.35. The molecule has 2 fully saturated rings. The number of likely N-dealkylation sites (tertiary alicyclic amines) is 2. The van der Waals surface area contributed by atoms with Gasteiger partial charge in [0.15, 0.2) is 5.13 Å². The standard InChI is InChI=1S/C12H21N5S/c13-15-12-14-7-11(18-12)9-16-6-3-10(8-16)17-4-1-2-5-17/h7,10H,1-6,8-9,13H2,(H,14,15). The van der Waals surface area contributed by atoms with Crippen LogP contribution in [0.5, 0.6) is 0 Å². The van der Waals surface area contributed by atoms with E-state index in [9.17, 15) is 0 Å². The van der Waals surface area contributed by atoms with E-state index in [1.165, 1.54) is 50.3 Å². The van der Waals surface area contributed by atoms with Crippen LogP contribution in [0, 0.1) is 0 Å². The van der Waals surface area contributed by atoms with E-state index in [0.717, 1.165) is 17.7 Å². The summed E-state index contributed by atoms with van der Waals surface area (Å²) in [5.41, 5.74) is 2.61. The van der Waals surface area contributed by atoms with Gasteiger partial charge in [0.05, 0.1) is 0 Å². The van der Waals surface area contributed by atoms with Crippen molar-refractivity contribution in [2.24, 2.45) is 5.84 Å². The van der Waals surface area contributed by atoms with Crippen molar-refractivity contribution in [3.05, 3.63) is 11.1 Å². The monoisotopic (exact) mass is 267 g/mol. The first-order chi connectivity index (χ1) is 8.85. The Labute approximate surface area is 112 Å². The zero-order chi connectivity index (χ0) is 12.4. The van der Waals surface area contributed by atoms with Gasteiger partial charge in [0.2, 0.25) is 0 Å². The topological polar surface area (TPSA) is 57.4 Å². The minimum atomic E-state index is 0.785. The smallest absolute Gasteiger partial charge is 0.197 e. The van der Waals surface area contributed by atoms with Crippen molar-refractivity contribution in [3.8, 4) is 0 Å². The maximum Gasteiger partial charge on any atom is 0.197 e. The SMILES string of the molecule is NNc1ncc(CN2CCC(N3CCCC3)C2)s1. The summed E-state index contributed by atoms with van der Waals surface area (Å²) in [6.07, 6.45) is 6.03. The molecule has 0 radical (unpaired) electrons. The Bertz CT molecular complexity index is 388. The summed E-state index contributed by atoms with van der Waals surface area (Å²) in [5.74, 6) is 5.35. The molecular weight excluding hydrogens is 246 g/mol. The number of rotatable bonds is 4. The Hall–Kier alpha value is -0.690. The lowest BCUT2D eigenvalue weighted by atomic mass is 10.2. The number of anilines is 1. The van der Waals surface area contributed by atoms with Crippen molar-refractivity contribution in [3.63, 3.8) is 0 Å². The van der Waals surface area contributed by atoms with E-state index >= 15 is 0 Å². The Kier molecular flexibility index (Phi) is 3.79. The number of hydrogen-bond acceptors (Lipinski definition) is 6. The summed E-state index contributed by atoms with van der Waals surface area (Å²) in [4.78, 5) is 10.7. The molecule has 0 amide bonds. The second-order valence-corrected chi connectivity index (χ2v) is 6.31. The van der Waals surface area contributed by atoms with Crippen LogP contribution in [-0.4, -0.2) is 47.0 Å². The first-order valence-corrected chi connectivity index (χ1v) is 7.54. The van der Waals surface area contributed by atoms with Gasteiger partial charge in [0.25, 0.3) is 0 Å². The van der Waals surface area contributed by atoms with Crippen molar-refractivity contribution < 1.29 is 0 Å². The molecule has 100 valence electrons. The van der Waals surface area contributed by atoms with Gasteiger partial charge in [-0.15, -0.1) is 0 Å². The summed E-state index contributed by atoms with van der Waals surface area (Å²) in [7, 11) is 0. The third kappa shape index (κ3) is 2.66. The molecule has 0 bridgehead atoms. The number of hydrazine groups is 1. The maximum atomic E-state index is 5.35. The van der Waals surface area contributed by atoms with Gasteiger partial charge in [-0.1, -0.05) is 11.3 Å². The van der Waals surface area contributed by atoms with Gasteiger partial charge >= 0.3 is 0 Å². The lowest BCUT2D eigenvalue weighted by Crippen LogP contribution is -2.35. The van der Waals surface area contributed by atoms with E-state index in [1.807, 2.05) is 6.20 Å². The highest BCUT2D eigenvalue weighted by Crippen LogP contribution is 2.24. The zero-order valence-electron chi connectivity index (χ0n) is 10.6. The Morgan fingerprint density at radius 2 is 2.22 bits per heavy atom. The van der Waals surface area contributed by atoms with Gasteiger partial charge in [-0.05, 0) is 32.4 Å². The molecule has 3 rings (SSSR count). The fraction of sp³-hybridized carbons (Fsp3) is 0.750. The van der Waals surface area contributed by atoms with Crippen molar-refractivity contribution in [1.82, 2.24) is 14.8 Å². The Balaban J connectivity index is 1.52. The molecule has 0 aromatic carbocycles. The molecule has 2 aliphatic heterocycles. The Morgan fingerprint density at radius 3 is 2.94 bits per heavy atom. The van der Waals surface area contributed by atoms with Crippen molar-refractivity contribution >= 4 is 16.5 Å². The zero-order valence-corrected chi connectivity index (χ0v) is 11.5. The molecule has 3 N–H and O–H groups in total. The highest BCUT2D eigenvalue weighted by atomic mass is 32.1. The normalized spacial score (nSPS) is 25.9.